The number of piperidine rings is 1. The van der Waals surface area contributed by atoms with E-state index in [1.165, 1.54) is 0 Å². The summed E-state index contributed by atoms with van der Waals surface area (Å²) in [6.07, 6.45) is 4.38. The molecular formula is C16H23BrN2O3S. The van der Waals surface area contributed by atoms with Crippen LogP contribution < -0.4 is 4.72 Å². The van der Waals surface area contributed by atoms with Crippen LogP contribution in [0.15, 0.2) is 33.6 Å². The maximum Gasteiger partial charge on any atom is 0.240 e. The van der Waals surface area contributed by atoms with Gasteiger partial charge in [-0.2, -0.15) is 0 Å². The summed E-state index contributed by atoms with van der Waals surface area (Å²) < 4.78 is 28.5. The van der Waals surface area contributed by atoms with Gasteiger partial charge in [0.1, 0.15) is 0 Å². The van der Waals surface area contributed by atoms with Crippen molar-refractivity contribution in [3.63, 3.8) is 0 Å². The van der Waals surface area contributed by atoms with E-state index in [2.05, 4.69) is 25.6 Å². The lowest BCUT2D eigenvalue weighted by atomic mass is 10.0. The molecule has 23 heavy (non-hydrogen) atoms. The summed E-state index contributed by atoms with van der Waals surface area (Å²) in [5.74, 6) is 0. The van der Waals surface area contributed by atoms with Gasteiger partial charge in [-0.3, -0.25) is 4.90 Å². The van der Waals surface area contributed by atoms with Gasteiger partial charge in [0.2, 0.25) is 10.0 Å². The Labute approximate surface area is 146 Å². The molecular weight excluding hydrogens is 380 g/mol. The van der Waals surface area contributed by atoms with Gasteiger partial charge in [0, 0.05) is 29.6 Å². The third kappa shape index (κ3) is 4.14. The third-order valence-corrected chi connectivity index (χ3v) is 6.88. The zero-order valence-electron chi connectivity index (χ0n) is 13.0. The van der Waals surface area contributed by atoms with E-state index in [1.807, 2.05) is 6.07 Å². The molecule has 2 aliphatic rings. The minimum atomic E-state index is -3.48. The number of likely N-dealkylation sites (tertiary alicyclic amines) is 1. The van der Waals surface area contributed by atoms with E-state index in [4.69, 9.17) is 0 Å². The van der Waals surface area contributed by atoms with Crippen molar-refractivity contribution < 1.29 is 13.5 Å². The number of nitrogens with one attached hydrogen (secondary N) is 1. The molecule has 1 heterocycles. The van der Waals surface area contributed by atoms with Crippen LogP contribution in [-0.2, 0) is 10.0 Å². The highest BCUT2D eigenvalue weighted by atomic mass is 79.9. The van der Waals surface area contributed by atoms with Gasteiger partial charge >= 0.3 is 0 Å². The summed E-state index contributed by atoms with van der Waals surface area (Å²) in [4.78, 5) is 2.61. The van der Waals surface area contributed by atoms with Crippen molar-refractivity contribution in [3.05, 3.63) is 28.7 Å². The van der Waals surface area contributed by atoms with Crippen molar-refractivity contribution in [2.24, 2.45) is 0 Å². The van der Waals surface area contributed by atoms with E-state index in [-0.39, 0.29) is 18.2 Å². The zero-order valence-corrected chi connectivity index (χ0v) is 15.4. The largest absolute Gasteiger partial charge is 0.391 e. The Morgan fingerprint density at radius 1 is 1.17 bits per heavy atom. The van der Waals surface area contributed by atoms with Crippen LogP contribution in [0.3, 0.4) is 0 Å². The summed E-state index contributed by atoms with van der Waals surface area (Å²) in [7, 11) is -3.48. The number of nitrogens with zero attached hydrogens (tertiary/aromatic N) is 1. The summed E-state index contributed by atoms with van der Waals surface area (Å²) in [5.41, 5.74) is 0. The van der Waals surface area contributed by atoms with Crippen LogP contribution >= 0.6 is 15.9 Å². The lowest BCUT2D eigenvalue weighted by Crippen LogP contribution is -2.49. The second kappa shape index (κ2) is 7.19. The third-order valence-electron chi connectivity index (χ3n) is 4.87. The van der Waals surface area contributed by atoms with Crippen molar-refractivity contribution in [1.82, 2.24) is 9.62 Å². The number of aliphatic hydroxyl groups is 1. The van der Waals surface area contributed by atoms with E-state index in [1.54, 1.807) is 18.2 Å². The molecule has 2 atom stereocenters. The topological polar surface area (TPSA) is 69.6 Å². The lowest BCUT2D eigenvalue weighted by molar-refractivity contribution is 0.0545. The van der Waals surface area contributed by atoms with Crippen LogP contribution in [0.5, 0.6) is 0 Å². The highest BCUT2D eigenvalue weighted by Crippen LogP contribution is 2.27. The van der Waals surface area contributed by atoms with E-state index in [9.17, 15) is 13.5 Å². The van der Waals surface area contributed by atoms with Gasteiger partial charge in [0.25, 0.3) is 0 Å². The number of aliphatic hydroxyl groups excluding tert-OH is 1. The van der Waals surface area contributed by atoms with Crippen LogP contribution in [0.4, 0.5) is 0 Å². The Balaban J connectivity index is 1.58. The first kappa shape index (κ1) is 17.4. The fourth-order valence-electron chi connectivity index (χ4n) is 3.62. The summed E-state index contributed by atoms with van der Waals surface area (Å²) in [6, 6.07) is 6.99. The fraction of sp³-hybridized carbons (Fsp3) is 0.625. The average Bonchev–Trinajstić information content (AvgIpc) is 2.94. The maximum absolute atomic E-state index is 12.5. The number of sulfonamides is 1. The van der Waals surface area contributed by atoms with Gasteiger partial charge in [-0.25, -0.2) is 13.1 Å². The Kier molecular flexibility index (Phi) is 5.42. The molecule has 0 amide bonds. The van der Waals surface area contributed by atoms with Crippen LogP contribution in [-0.4, -0.2) is 49.7 Å². The normalized spacial score (nSPS) is 27.4. The summed E-state index contributed by atoms with van der Waals surface area (Å²) >= 11 is 3.31. The Hall–Kier alpha value is -0.470. The zero-order chi connectivity index (χ0) is 16.4. The van der Waals surface area contributed by atoms with Crippen molar-refractivity contribution in [3.8, 4) is 0 Å². The summed E-state index contributed by atoms with van der Waals surface area (Å²) in [5, 5.41) is 10.0. The van der Waals surface area contributed by atoms with Gasteiger partial charge in [-0.1, -0.05) is 22.0 Å². The molecule has 5 nitrogen and oxygen atoms in total. The van der Waals surface area contributed by atoms with Gasteiger partial charge < -0.3 is 5.11 Å². The molecule has 0 bridgehead atoms. The predicted octanol–water partition coefficient (Wildman–Crippen LogP) is 2.11. The smallest absolute Gasteiger partial charge is 0.240 e. The molecule has 0 radical (unpaired) electrons. The number of hydrogen-bond acceptors (Lipinski definition) is 4. The summed E-state index contributed by atoms with van der Waals surface area (Å²) in [6.45, 7) is 1.68. The molecule has 1 aliphatic carbocycles. The monoisotopic (exact) mass is 402 g/mol. The van der Waals surface area contributed by atoms with Crippen molar-refractivity contribution in [2.75, 3.05) is 13.1 Å². The van der Waals surface area contributed by atoms with E-state index < -0.39 is 10.0 Å². The average molecular weight is 403 g/mol. The molecule has 0 spiro atoms. The van der Waals surface area contributed by atoms with E-state index in [0.29, 0.717) is 4.90 Å². The first-order valence-electron chi connectivity index (χ1n) is 8.16. The molecule has 1 aromatic carbocycles. The van der Waals surface area contributed by atoms with Gasteiger partial charge in [-0.15, -0.1) is 0 Å². The molecule has 3 rings (SSSR count). The van der Waals surface area contributed by atoms with Gasteiger partial charge in [0.05, 0.1) is 11.0 Å². The molecule has 2 N–H and O–H groups in total. The second-order valence-electron chi connectivity index (χ2n) is 6.45. The van der Waals surface area contributed by atoms with Crippen LogP contribution in [0.25, 0.3) is 0 Å². The molecule has 0 unspecified atom stereocenters. The van der Waals surface area contributed by atoms with Crippen molar-refractivity contribution in [2.45, 2.75) is 55.2 Å². The van der Waals surface area contributed by atoms with Crippen molar-refractivity contribution in [1.29, 1.82) is 0 Å². The molecule has 1 aromatic rings. The fourth-order valence-corrected chi connectivity index (χ4v) is 5.52. The molecule has 7 heteroatoms. The van der Waals surface area contributed by atoms with E-state index in [0.717, 1.165) is 49.7 Å². The number of hydrogen-bond donors (Lipinski definition) is 2. The minimum Gasteiger partial charge on any atom is -0.391 e. The predicted molar refractivity (Wildman–Crippen MR) is 92.7 cm³/mol. The Morgan fingerprint density at radius 2 is 1.91 bits per heavy atom. The highest BCUT2D eigenvalue weighted by molar-refractivity contribution is 9.10. The van der Waals surface area contributed by atoms with E-state index >= 15 is 0 Å². The number of halogens is 1. The second-order valence-corrected chi connectivity index (χ2v) is 9.08. The molecule has 1 saturated carbocycles. The van der Waals surface area contributed by atoms with Gasteiger partial charge in [0.15, 0.2) is 0 Å². The van der Waals surface area contributed by atoms with Crippen LogP contribution in [0.2, 0.25) is 0 Å². The van der Waals surface area contributed by atoms with Gasteiger partial charge in [-0.05, 0) is 50.3 Å². The molecule has 1 aliphatic heterocycles. The molecule has 128 valence electrons. The minimum absolute atomic E-state index is 0.0335. The molecule has 0 aromatic heterocycles. The first-order chi connectivity index (χ1) is 11.0. The molecule has 2 fully saturated rings. The Morgan fingerprint density at radius 3 is 2.52 bits per heavy atom. The lowest BCUT2D eigenvalue weighted by Gasteiger charge is -2.37. The number of benzene rings is 1. The Bertz CT molecular complexity index is 644. The van der Waals surface area contributed by atoms with Crippen LogP contribution in [0.1, 0.15) is 32.1 Å². The highest BCUT2D eigenvalue weighted by Gasteiger charge is 2.33. The number of rotatable bonds is 4. The molecule has 1 saturated heterocycles. The standard InChI is InChI=1S/C16H23BrN2O3S/c17-12-3-1-4-14(11-12)23(21,22)18-13-7-9-19(10-8-13)15-5-2-6-16(15)20/h1,3-4,11,13,15-16,18,20H,2,5-10H2/t15-,16+/m1/s1. The van der Waals surface area contributed by atoms with Crippen molar-refractivity contribution >= 4 is 26.0 Å². The van der Waals surface area contributed by atoms with Crippen LogP contribution in [0, 0.1) is 0 Å². The SMILES string of the molecule is O=S(=O)(NC1CCN([C@@H]2CCC[C@@H]2O)CC1)c1cccc(Br)c1. The first-order valence-corrected chi connectivity index (χ1v) is 10.4. The quantitative estimate of drug-likeness (QED) is 0.808. The maximum atomic E-state index is 12.5.